The highest BCUT2D eigenvalue weighted by molar-refractivity contribution is 7.92. The number of alkyl halides is 4. The minimum Gasteiger partial charge on any atom is -0.383 e. The van der Waals surface area contributed by atoms with Gasteiger partial charge in [0.05, 0.1) is 16.9 Å². The topological polar surface area (TPSA) is 43.4 Å². The van der Waals surface area contributed by atoms with Crippen LogP contribution in [0.5, 0.6) is 0 Å². The van der Waals surface area contributed by atoms with Gasteiger partial charge in [0.2, 0.25) is 0 Å². The van der Waals surface area contributed by atoms with Crippen LogP contribution in [0.15, 0.2) is 29.2 Å². The maximum Gasteiger partial charge on any atom is 0.501 e. The summed E-state index contributed by atoms with van der Waals surface area (Å²) in [5.41, 5.74) is -4.65. The van der Waals surface area contributed by atoms with Crippen molar-refractivity contribution in [3.05, 3.63) is 29.8 Å². The molecule has 8 heteroatoms. The van der Waals surface area contributed by atoms with Crippen molar-refractivity contribution >= 4 is 21.4 Å². The Hall–Kier alpha value is -0.790. The van der Waals surface area contributed by atoms with Crippen molar-refractivity contribution in [2.75, 3.05) is 13.7 Å². The van der Waals surface area contributed by atoms with E-state index in [0.717, 1.165) is 12.1 Å². The molecule has 108 valence electrons. The van der Waals surface area contributed by atoms with Crippen molar-refractivity contribution in [2.45, 2.75) is 22.2 Å². The summed E-state index contributed by atoms with van der Waals surface area (Å²) in [7, 11) is -3.81. The fourth-order valence-electron chi connectivity index (χ4n) is 1.43. The molecule has 3 nitrogen and oxygen atoms in total. The van der Waals surface area contributed by atoms with Crippen molar-refractivity contribution in [3.8, 4) is 0 Å². The van der Waals surface area contributed by atoms with Crippen molar-refractivity contribution in [3.63, 3.8) is 0 Å². The SMILES string of the molecule is COCC(Cl)Cc1ccc(S(=O)(=O)C(F)(F)F)cc1. The Morgan fingerprint density at radius 1 is 1.26 bits per heavy atom. The molecule has 0 spiro atoms. The lowest BCUT2D eigenvalue weighted by Gasteiger charge is -2.10. The number of benzene rings is 1. The fraction of sp³-hybridized carbons (Fsp3) is 0.455. The first-order chi connectivity index (χ1) is 8.68. The van der Waals surface area contributed by atoms with Gasteiger partial charge in [0.1, 0.15) is 0 Å². The zero-order valence-electron chi connectivity index (χ0n) is 9.95. The maximum absolute atomic E-state index is 12.3. The van der Waals surface area contributed by atoms with Crippen LogP contribution in [-0.2, 0) is 21.0 Å². The van der Waals surface area contributed by atoms with E-state index in [4.69, 9.17) is 16.3 Å². The standard InChI is InChI=1S/C11H12ClF3O3S/c1-18-7-9(12)6-8-2-4-10(5-3-8)19(16,17)11(13,14)15/h2-5,9H,6-7H2,1H3. The number of sulfone groups is 1. The summed E-state index contributed by atoms with van der Waals surface area (Å²) in [5.74, 6) is 0. The highest BCUT2D eigenvalue weighted by atomic mass is 35.5. The fourth-order valence-corrected chi connectivity index (χ4v) is 2.50. The van der Waals surface area contributed by atoms with Gasteiger partial charge in [-0.3, -0.25) is 0 Å². The minimum absolute atomic E-state index is 0.296. The number of rotatable bonds is 5. The molecule has 0 radical (unpaired) electrons. The molecule has 0 heterocycles. The van der Waals surface area contributed by atoms with E-state index in [-0.39, 0.29) is 5.38 Å². The molecule has 0 N–H and O–H groups in total. The van der Waals surface area contributed by atoms with E-state index in [1.54, 1.807) is 0 Å². The van der Waals surface area contributed by atoms with Crippen LogP contribution in [0.4, 0.5) is 13.2 Å². The molecule has 0 amide bonds. The second kappa shape index (κ2) is 6.11. The first-order valence-corrected chi connectivity index (χ1v) is 7.13. The van der Waals surface area contributed by atoms with Gasteiger partial charge in [0.15, 0.2) is 0 Å². The van der Waals surface area contributed by atoms with E-state index < -0.39 is 20.2 Å². The molecule has 0 aliphatic heterocycles. The summed E-state index contributed by atoms with van der Waals surface area (Å²) in [6.07, 6.45) is 0.377. The highest BCUT2D eigenvalue weighted by Crippen LogP contribution is 2.30. The van der Waals surface area contributed by atoms with E-state index >= 15 is 0 Å². The normalized spacial score (nSPS) is 14.4. The molecule has 0 aromatic heterocycles. The largest absolute Gasteiger partial charge is 0.501 e. The van der Waals surface area contributed by atoms with Gasteiger partial charge in [0, 0.05) is 7.11 Å². The predicted molar refractivity (Wildman–Crippen MR) is 64.9 cm³/mol. The predicted octanol–water partition coefficient (Wildman–Crippen LogP) is 2.78. The van der Waals surface area contributed by atoms with Gasteiger partial charge in [-0.05, 0) is 24.1 Å². The van der Waals surface area contributed by atoms with Crippen LogP contribution < -0.4 is 0 Å². The van der Waals surface area contributed by atoms with Gasteiger partial charge in [-0.25, -0.2) is 8.42 Å². The van der Waals surface area contributed by atoms with Gasteiger partial charge in [-0.1, -0.05) is 12.1 Å². The molecule has 1 rings (SSSR count). The van der Waals surface area contributed by atoms with Gasteiger partial charge >= 0.3 is 5.51 Å². The lowest BCUT2D eigenvalue weighted by Crippen LogP contribution is -2.23. The van der Waals surface area contributed by atoms with Gasteiger partial charge < -0.3 is 4.74 Å². The van der Waals surface area contributed by atoms with Gasteiger partial charge in [0.25, 0.3) is 9.84 Å². The molecule has 1 aromatic carbocycles. The highest BCUT2D eigenvalue weighted by Gasteiger charge is 2.46. The lowest BCUT2D eigenvalue weighted by molar-refractivity contribution is -0.0436. The van der Waals surface area contributed by atoms with Gasteiger partial charge in [-0.15, -0.1) is 11.6 Å². The summed E-state index contributed by atoms with van der Waals surface area (Å²) >= 11 is 5.89. The summed E-state index contributed by atoms with van der Waals surface area (Å²) in [4.78, 5) is -0.776. The maximum atomic E-state index is 12.3. The van der Waals surface area contributed by atoms with E-state index in [2.05, 4.69) is 0 Å². The molecule has 19 heavy (non-hydrogen) atoms. The molecular formula is C11H12ClF3O3S. The lowest BCUT2D eigenvalue weighted by atomic mass is 10.1. The number of ether oxygens (including phenoxy) is 1. The number of methoxy groups -OCH3 is 1. The Kier molecular flexibility index (Phi) is 5.23. The monoisotopic (exact) mass is 316 g/mol. The van der Waals surface area contributed by atoms with Crippen molar-refractivity contribution in [1.82, 2.24) is 0 Å². The Bertz CT molecular complexity index is 511. The van der Waals surface area contributed by atoms with Crippen LogP contribution >= 0.6 is 11.6 Å². The van der Waals surface area contributed by atoms with Gasteiger partial charge in [-0.2, -0.15) is 13.2 Å². The van der Waals surface area contributed by atoms with E-state index in [1.165, 1.54) is 19.2 Å². The summed E-state index contributed by atoms with van der Waals surface area (Å²) in [6.45, 7) is 0.296. The summed E-state index contributed by atoms with van der Waals surface area (Å²) < 4.78 is 64.0. The molecule has 0 saturated heterocycles. The molecule has 1 aromatic rings. The molecule has 0 saturated carbocycles. The average molecular weight is 317 g/mol. The Morgan fingerprint density at radius 2 is 1.79 bits per heavy atom. The van der Waals surface area contributed by atoms with Crippen LogP contribution in [0.1, 0.15) is 5.56 Å². The van der Waals surface area contributed by atoms with Crippen molar-refractivity contribution < 1.29 is 26.3 Å². The van der Waals surface area contributed by atoms with Crippen LogP contribution in [0.25, 0.3) is 0 Å². The minimum atomic E-state index is -5.29. The third kappa shape index (κ3) is 4.09. The number of hydrogen-bond acceptors (Lipinski definition) is 3. The second-order valence-corrected chi connectivity index (χ2v) is 6.41. The average Bonchev–Trinajstić information content (AvgIpc) is 2.28. The Balaban J connectivity index is 2.89. The van der Waals surface area contributed by atoms with Crippen LogP contribution in [-0.4, -0.2) is 33.0 Å². The third-order valence-corrected chi connectivity index (χ3v) is 4.13. The third-order valence-electron chi connectivity index (χ3n) is 2.34. The Morgan fingerprint density at radius 3 is 2.21 bits per heavy atom. The summed E-state index contributed by atoms with van der Waals surface area (Å²) in [5, 5.41) is -0.324. The van der Waals surface area contributed by atoms with Crippen LogP contribution in [0.3, 0.4) is 0 Å². The molecule has 1 atom stereocenters. The first kappa shape index (κ1) is 16.3. The van der Waals surface area contributed by atoms with E-state index in [0.29, 0.717) is 18.6 Å². The van der Waals surface area contributed by atoms with E-state index in [9.17, 15) is 21.6 Å². The number of halogens is 4. The smallest absolute Gasteiger partial charge is 0.383 e. The molecule has 1 unspecified atom stereocenters. The quantitative estimate of drug-likeness (QED) is 0.785. The van der Waals surface area contributed by atoms with Crippen LogP contribution in [0, 0.1) is 0 Å². The molecular weight excluding hydrogens is 305 g/mol. The first-order valence-electron chi connectivity index (χ1n) is 5.22. The Labute approximate surface area is 114 Å². The summed E-state index contributed by atoms with van der Waals surface area (Å²) in [6, 6.07) is 4.47. The molecule has 0 fully saturated rings. The molecule has 0 bridgehead atoms. The van der Waals surface area contributed by atoms with Crippen LogP contribution in [0.2, 0.25) is 0 Å². The van der Waals surface area contributed by atoms with Crippen molar-refractivity contribution in [1.29, 1.82) is 0 Å². The molecule has 0 aliphatic carbocycles. The second-order valence-electron chi connectivity index (χ2n) is 3.85. The zero-order chi connectivity index (χ0) is 14.7. The zero-order valence-corrected chi connectivity index (χ0v) is 11.5. The number of hydrogen-bond donors (Lipinski definition) is 0. The van der Waals surface area contributed by atoms with E-state index in [1.807, 2.05) is 0 Å². The van der Waals surface area contributed by atoms with Crippen molar-refractivity contribution in [2.24, 2.45) is 0 Å². The molecule has 0 aliphatic rings.